The van der Waals surface area contributed by atoms with Gasteiger partial charge >= 0.3 is 0 Å². The molecule has 0 bridgehead atoms. The van der Waals surface area contributed by atoms with Crippen molar-refractivity contribution in [3.05, 3.63) is 88.7 Å². The number of fused-ring (bicyclic) bond motifs is 1. The molecule has 4 rings (SSSR count). The van der Waals surface area contributed by atoms with Gasteiger partial charge in [-0.25, -0.2) is 0 Å². The van der Waals surface area contributed by atoms with Crippen molar-refractivity contribution < 1.29 is 4.42 Å². The van der Waals surface area contributed by atoms with Gasteiger partial charge in [0.25, 0.3) is 0 Å². The first-order valence-corrected chi connectivity index (χ1v) is 7.67. The van der Waals surface area contributed by atoms with E-state index in [1.165, 1.54) is 27.8 Å². The number of benzene rings is 2. The Morgan fingerprint density at radius 3 is 2.55 bits per heavy atom. The molecule has 0 fully saturated rings. The minimum absolute atomic E-state index is 0.303. The third-order valence-electron chi connectivity index (χ3n) is 4.35. The summed E-state index contributed by atoms with van der Waals surface area (Å²) in [6.07, 6.45) is 4.52. The average molecular weight is 286 g/mol. The predicted molar refractivity (Wildman–Crippen MR) is 90.9 cm³/mol. The van der Waals surface area contributed by atoms with Gasteiger partial charge in [0.2, 0.25) is 0 Å². The molecule has 1 atom stereocenters. The second kappa shape index (κ2) is 5.03. The van der Waals surface area contributed by atoms with Crippen LogP contribution in [0.2, 0.25) is 0 Å². The van der Waals surface area contributed by atoms with Crippen LogP contribution >= 0.6 is 0 Å². The Kier molecular flexibility index (Phi) is 3.00. The first-order chi connectivity index (χ1) is 10.7. The average Bonchev–Trinajstić information content (AvgIpc) is 3.13. The molecule has 0 saturated heterocycles. The summed E-state index contributed by atoms with van der Waals surface area (Å²) >= 11 is 0. The zero-order valence-electron chi connectivity index (χ0n) is 12.8. The van der Waals surface area contributed by atoms with E-state index in [0.717, 1.165) is 11.5 Å². The largest absolute Gasteiger partial charge is 0.461 e. The molecule has 0 spiro atoms. The topological polar surface area (TPSA) is 13.1 Å². The molecule has 0 saturated carbocycles. The van der Waals surface area contributed by atoms with E-state index in [1.54, 1.807) is 0 Å². The molecule has 1 aromatic heterocycles. The van der Waals surface area contributed by atoms with Crippen LogP contribution in [-0.4, -0.2) is 0 Å². The van der Waals surface area contributed by atoms with Gasteiger partial charge in [-0.1, -0.05) is 60.2 Å². The Labute approximate surface area is 130 Å². The van der Waals surface area contributed by atoms with Crippen LogP contribution in [0.3, 0.4) is 0 Å². The van der Waals surface area contributed by atoms with Crippen LogP contribution in [0, 0.1) is 13.8 Å². The second-order valence-electron chi connectivity index (χ2n) is 5.97. The van der Waals surface area contributed by atoms with Gasteiger partial charge in [0, 0.05) is 11.5 Å². The Morgan fingerprint density at radius 2 is 1.73 bits per heavy atom. The van der Waals surface area contributed by atoms with Crippen molar-refractivity contribution in [1.29, 1.82) is 0 Å². The monoisotopic (exact) mass is 286 g/mol. The standard InChI is InChI=1S/C21H18O/c1-14-7-10-17-16(13-14)9-11-19(17)18-5-3-4-6-20(18)21-12-8-15(2)22-21/h3-13,19H,1-2H3. The molecular weight excluding hydrogens is 268 g/mol. The lowest BCUT2D eigenvalue weighted by molar-refractivity contribution is 0.547. The van der Waals surface area contributed by atoms with E-state index >= 15 is 0 Å². The van der Waals surface area contributed by atoms with E-state index in [-0.39, 0.29) is 0 Å². The Morgan fingerprint density at radius 1 is 0.864 bits per heavy atom. The summed E-state index contributed by atoms with van der Waals surface area (Å²) < 4.78 is 5.85. The molecule has 108 valence electrons. The van der Waals surface area contributed by atoms with E-state index in [9.17, 15) is 0 Å². The van der Waals surface area contributed by atoms with Crippen molar-refractivity contribution in [2.75, 3.05) is 0 Å². The van der Waals surface area contributed by atoms with Crippen LogP contribution in [0.15, 0.2) is 65.1 Å². The molecule has 22 heavy (non-hydrogen) atoms. The van der Waals surface area contributed by atoms with Crippen LogP contribution in [-0.2, 0) is 0 Å². The molecule has 0 aliphatic heterocycles. The normalized spacial score (nSPS) is 16.0. The molecule has 1 aliphatic rings. The van der Waals surface area contributed by atoms with Gasteiger partial charge in [-0.05, 0) is 42.7 Å². The summed E-state index contributed by atoms with van der Waals surface area (Å²) in [5.74, 6) is 2.20. The van der Waals surface area contributed by atoms with Crippen molar-refractivity contribution in [2.45, 2.75) is 19.8 Å². The van der Waals surface area contributed by atoms with Gasteiger partial charge in [0.05, 0.1) is 0 Å². The van der Waals surface area contributed by atoms with Gasteiger partial charge in [0.1, 0.15) is 11.5 Å². The lowest BCUT2D eigenvalue weighted by Crippen LogP contribution is -1.98. The molecule has 3 aromatic rings. The zero-order valence-corrected chi connectivity index (χ0v) is 12.8. The zero-order chi connectivity index (χ0) is 15.1. The van der Waals surface area contributed by atoms with Gasteiger partial charge in [-0.3, -0.25) is 0 Å². The first kappa shape index (κ1) is 13.1. The first-order valence-electron chi connectivity index (χ1n) is 7.67. The maximum Gasteiger partial charge on any atom is 0.134 e. The predicted octanol–water partition coefficient (Wildman–Crippen LogP) is 5.72. The fourth-order valence-electron chi connectivity index (χ4n) is 3.27. The van der Waals surface area contributed by atoms with E-state index in [0.29, 0.717) is 5.92 Å². The number of rotatable bonds is 2. The van der Waals surface area contributed by atoms with Crippen LogP contribution in [0.25, 0.3) is 17.4 Å². The lowest BCUT2D eigenvalue weighted by Gasteiger charge is -2.15. The molecule has 2 aromatic carbocycles. The number of hydrogen-bond donors (Lipinski definition) is 0. The van der Waals surface area contributed by atoms with E-state index in [1.807, 2.05) is 13.0 Å². The lowest BCUT2D eigenvalue weighted by atomic mass is 9.88. The maximum absolute atomic E-state index is 5.85. The van der Waals surface area contributed by atoms with E-state index in [2.05, 4.69) is 67.6 Å². The molecule has 1 aliphatic carbocycles. The highest BCUT2D eigenvalue weighted by atomic mass is 16.3. The van der Waals surface area contributed by atoms with Crippen LogP contribution in [0.4, 0.5) is 0 Å². The Hall–Kier alpha value is -2.54. The number of allylic oxidation sites excluding steroid dienone is 1. The summed E-state index contributed by atoms with van der Waals surface area (Å²) in [7, 11) is 0. The molecule has 0 N–H and O–H groups in total. The number of furan rings is 1. The highest BCUT2D eigenvalue weighted by Crippen LogP contribution is 2.40. The molecule has 1 heterocycles. The summed E-state index contributed by atoms with van der Waals surface area (Å²) in [5, 5.41) is 0. The maximum atomic E-state index is 5.85. The number of aryl methyl sites for hydroxylation is 2. The quantitative estimate of drug-likeness (QED) is 0.587. The van der Waals surface area contributed by atoms with Crippen molar-refractivity contribution in [2.24, 2.45) is 0 Å². The summed E-state index contributed by atoms with van der Waals surface area (Å²) in [4.78, 5) is 0. The Bertz CT molecular complexity index is 867. The highest BCUT2D eigenvalue weighted by Gasteiger charge is 2.22. The molecule has 1 unspecified atom stereocenters. The SMILES string of the molecule is Cc1ccc2c(c1)C=CC2c1ccccc1-c1ccc(C)o1. The third kappa shape index (κ3) is 2.10. The van der Waals surface area contributed by atoms with Gasteiger partial charge in [0.15, 0.2) is 0 Å². The minimum Gasteiger partial charge on any atom is -0.461 e. The third-order valence-corrected chi connectivity index (χ3v) is 4.35. The summed E-state index contributed by atoms with van der Waals surface area (Å²) in [5.41, 5.74) is 6.49. The minimum atomic E-state index is 0.303. The summed E-state index contributed by atoms with van der Waals surface area (Å²) in [6, 6.07) is 19.3. The van der Waals surface area contributed by atoms with Crippen molar-refractivity contribution in [3.63, 3.8) is 0 Å². The van der Waals surface area contributed by atoms with Crippen molar-refractivity contribution in [1.82, 2.24) is 0 Å². The summed E-state index contributed by atoms with van der Waals surface area (Å²) in [6.45, 7) is 4.13. The van der Waals surface area contributed by atoms with Crippen LogP contribution < -0.4 is 0 Å². The van der Waals surface area contributed by atoms with E-state index in [4.69, 9.17) is 4.42 Å². The fraction of sp³-hybridized carbons (Fsp3) is 0.143. The van der Waals surface area contributed by atoms with Crippen molar-refractivity contribution in [3.8, 4) is 11.3 Å². The molecular formula is C21H18O. The van der Waals surface area contributed by atoms with Gasteiger partial charge in [-0.15, -0.1) is 0 Å². The van der Waals surface area contributed by atoms with Crippen LogP contribution in [0.5, 0.6) is 0 Å². The molecule has 1 heteroatoms. The van der Waals surface area contributed by atoms with Gasteiger partial charge < -0.3 is 4.42 Å². The second-order valence-corrected chi connectivity index (χ2v) is 5.97. The van der Waals surface area contributed by atoms with Crippen molar-refractivity contribution >= 4 is 6.08 Å². The number of hydrogen-bond acceptors (Lipinski definition) is 1. The van der Waals surface area contributed by atoms with Gasteiger partial charge in [-0.2, -0.15) is 0 Å². The fourth-order valence-corrected chi connectivity index (χ4v) is 3.27. The molecule has 1 nitrogen and oxygen atoms in total. The van der Waals surface area contributed by atoms with E-state index < -0.39 is 0 Å². The Balaban J connectivity index is 1.84. The molecule has 0 radical (unpaired) electrons. The smallest absolute Gasteiger partial charge is 0.134 e. The van der Waals surface area contributed by atoms with Crippen LogP contribution in [0.1, 0.15) is 33.9 Å². The molecule has 0 amide bonds. The highest BCUT2D eigenvalue weighted by molar-refractivity contribution is 5.71.